The van der Waals surface area contributed by atoms with Gasteiger partial charge in [0.1, 0.15) is 5.82 Å². The van der Waals surface area contributed by atoms with Crippen LogP contribution in [0.25, 0.3) is 27.8 Å². The van der Waals surface area contributed by atoms with Crippen LogP contribution in [0.1, 0.15) is 11.4 Å². The first-order valence-corrected chi connectivity index (χ1v) is 10.6. The molecule has 1 aliphatic rings. The van der Waals surface area contributed by atoms with Crippen molar-refractivity contribution in [3.63, 3.8) is 0 Å². The molecule has 0 spiro atoms. The van der Waals surface area contributed by atoms with Gasteiger partial charge in [0.2, 0.25) is 0 Å². The van der Waals surface area contributed by atoms with E-state index in [2.05, 4.69) is 5.10 Å². The van der Waals surface area contributed by atoms with Crippen molar-refractivity contribution in [3.05, 3.63) is 71.8 Å². The van der Waals surface area contributed by atoms with Crippen molar-refractivity contribution in [2.24, 2.45) is 0 Å². The van der Waals surface area contributed by atoms with Crippen LogP contribution < -0.4 is 0 Å². The molecule has 0 unspecified atom stereocenters. The molecule has 0 saturated heterocycles. The van der Waals surface area contributed by atoms with Gasteiger partial charge in [0.05, 0.1) is 33.1 Å². The Balaban J connectivity index is 1.94. The van der Waals surface area contributed by atoms with Crippen molar-refractivity contribution in [3.8, 4) is 16.8 Å². The molecule has 4 aromatic rings. The number of hydrogen-bond donors (Lipinski definition) is 0. The third-order valence-corrected chi connectivity index (χ3v) is 6.87. The maximum atomic E-state index is 13.5. The zero-order chi connectivity index (χ0) is 19.5. The summed E-state index contributed by atoms with van der Waals surface area (Å²) in [4.78, 5) is 4.95. The lowest BCUT2D eigenvalue weighted by atomic mass is 10.0. The first-order valence-electron chi connectivity index (χ1n) is 8.92. The van der Waals surface area contributed by atoms with E-state index < -0.39 is 9.84 Å². The number of aryl methyl sites for hydroxylation is 2. The van der Waals surface area contributed by atoms with Crippen LogP contribution in [-0.2, 0) is 16.3 Å². The van der Waals surface area contributed by atoms with Crippen molar-refractivity contribution in [1.82, 2.24) is 14.8 Å². The van der Waals surface area contributed by atoms with Gasteiger partial charge in [-0.1, -0.05) is 30.3 Å². The third-order valence-electron chi connectivity index (χ3n) is 5.07. The lowest BCUT2D eigenvalue weighted by molar-refractivity contribution is 0.600. The minimum atomic E-state index is -3.45. The van der Waals surface area contributed by atoms with Gasteiger partial charge in [0, 0.05) is 12.0 Å². The zero-order valence-electron chi connectivity index (χ0n) is 15.1. The number of hydrogen-bond acceptors (Lipinski definition) is 4. The second kappa shape index (κ2) is 5.97. The fourth-order valence-corrected chi connectivity index (χ4v) is 5.53. The number of rotatable bonds is 2. The summed E-state index contributed by atoms with van der Waals surface area (Å²) in [5.74, 6) is -0.334. The Morgan fingerprint density at radius 3 is 2.46 bits per heavy atom. The van der Waals surface area contributed by atoms with Gasteiger partial charge in [-0.05, 0) is 36.8 Å². The highest BCUT2D eigenvalue weighted by molar-refractivity contribution is 7.91. The number of nitrogens with zero attached hydrogens (tertiary/aromatic N) is 3. The molecule has 5 rings (SSSR count). The fourth-order valence-electron chi connectivity index (χ4n) is 3.83. The van der Waals surface area contributed by atoms with Gasteiger partial charge in [0.25, 0.3) is 0 Å². The van der Waals surface area contributed by atoms with Crippen LogP contribution in [0.5, 0.6) is 0 Å². The average Bonchev–Trinajstić information content (AvgIpc) is 3.19. The second-order valence-corrected chi connectivity index (χ2v) is 8.92. The number of benzene rings is 2. The highest BCUT2D eigenvalue weighted by Crippen LogP contribution is 2.41. The molecule has 2 aromatic heterocycles. The summed E-state index contributed by atoms with van der Waals surface area (Å²) in [5, 5.41) is 5.32. The van der Waals surface area contributed by atoms with Gasteiger partial charge in [-0.2, -0.15) is 5.10 Å². The minimum Gasteiger partial charge on any atom is -0.232 e. The molecular formula is C21H16FN3O2S. The highest BCUT2D eigenvalue weighted by atomic mass is 32.2. The van der Waals surface area contributed by atoms with E-state index >= 15 is 0 Å². The summed E-state index contributed by atoms with van der Waals surface area (Å²) in [6, 6.07) is 15.5. The maximum Gasteiger partial charge on any atom is 0.181 e. The van der Waals surface area contributed by atoms with Gasteiger partial charge in [-0.25, -0.2) is 22.5 Å². The summed E-state index contributed by atoms with van der Waals surface area (Å²) in [7, 11) is -3.45. The normalized spacial score (nSPS) is 15.1. The Kier molecular flexibility index (Phi) is 3.64. The number of aromatic nitrogens is 3. The molecule has 0 atom stereocenters. The van der Waals surface area contributed by atoms with Crippen molar-refractivity contribution in [2.45, 2.75) is 18.2 Å². The summed E-state index contributed by atoms with van der Waals surface area (Å²) in [5.41, 5.74) is 3.89. The van der Waals surface area contributed by atoms with Crippen molar-refractivity contribution >= 4 is 20.9 Å². The number of para-hydroxylation sites is 1. The van der Waals surface area contributed by atoms with Crippen LogP contribution in [0.3, 0.4) is 0 Å². The SMILES string of the molecule is Cc1nn(-c2ccccc2)c2nc3c(c(-c4ccc(F)cc4)c12)S(=O)(=O)CC3. The monoisotopic (exact) mass is 393 g/mol. The van der Waals surface area contributed by atoms with Crippen LogP contribution in [0, 0.1) is 12.7 Å². The van der Waals surface area contributed by atoms with E-state index in [0.29, 0.717) is 40.0 Å². The van der Waals surface area contributed by atoms with Crippen LogP contribution in [-0.4, -0.2) is 28.9 Å². The van der Waals surface area contributed by atoms with Gasteiger partial charge < -0.3 is 0 Å². The maximum absolute atomic E-state index is 13.5. The Labute approximate surface area is 161 Å². The Morgan fingerprint density at radius 2 is 1.75 bits per heavy atom. The van der Waals surface area contributed by atoms with E-state index in [1.807, 2.05) is 37.3 Å². The number of fused-ring (bicyclic) bond motifs is 2. The summed E-state index contributed by atoms with van der Waals surface area (Å²) in [6.07, 6.45) is 0.362. The molecule has 3 heterocycles. The standard InChI is InChI=1S/C21H16FN3O2S/c1-13-18-19(14-7-9-15(22)10-8-14)20-17(11-12-28(20,26)27)23-21(18)25(24-13)16-5-3-2-4-6-16/h2-10H,11-12H2,1H3. The van der Waals surface area contributed by atoms with Gasteiger partial charge in [0.15, 0.2) is 15.5 Å². The number of pyridine rings is 1. The van der Waals surface area contributed by atoms with E-state index in [-0.39, 0.29) is 16.5 Å². The first kappa shape index (κ1) is 17.1. The highest BCUT2D eigenvalue weighted by Gasteiger charge is 2.34. The molecule has 0 saturated carbocycles. The topological polar surface area (TPSA) is 64.8 Å². The van der Waals surface area contributed by atoms with Crippen molar-refractivity contribution in [2.75, 3.05) is 5.75 Å². The molecule has 0 aliphatic carbocycles. The molecule has 140 valence electrons. The Hall–Kier alpha value is -3.06. The number of sulfone groups is 1. The minimum absolute atomic E-state index is 0.0357. The molecule has 7 heteroatoms. The summed E-state index contributed by atoms with van der Waals surface area (Å²) in [6.45, 7) is 1.84. The molecule has 1 aliphatic heterocycles. The van der Waals surface area contributed by atoms with Crippen LogP contribution in [0.4, 0.5) is 4.39 Å². The molecule has 0 fully saturated rings. The molecule has 0 radical (unpaired) electrons. The zero-order valence-corrected chi connectivity index (χ0v) is 15.9. The Morgan fingerprint density at radius 1 is 1.04 bits per heavy atom. The predicted octanol–water partition coefficient (Wildman–Crippen LogP) is 3.86. The first-order chi connectivity index (χ1) is 13.5. The fraction of sp³-hybridized carbons (Fsp3) is 0.143. The molecule has 0 bridgehead atoms. The summed E-state index contributed by atoms with van der Waals surface area (Å²) >= 11 is 0. The molecule has 28 heavy (non-hydrogen) atoms. The van der Waals surface area contributed by atoms with E-state index in [1.165, 1.54) is 12.1 Å². The lowest BCUT2D eigenvalue weighted by Gasteiger charge is -2.11. The lowest BCUT2D eigenvalue weighted by Crippen LogP contribution is -2.03. The number of halogens is 1. The van der Waals surface area contributed by atoms with E-state index in [1.54, 1.807) is 16.8 Å². The van der Waals surface area contributed by atoms with Gasteiger partial charge in [-0.15, -0.1) is 0 Å². The molecule has 0 N–H and O–H groups in total. The quantitative estimate of drug-likeness (QED) is 0.519. The average molecular weight is 393 g/mol. The molecule has 0 amide bonds. The smallest absolute Gasteiger partial charge is 0.181 e. The van der Waals surface area contributed by atoms with E-state index in [9.17, 15) is 12.8 Å². The molecule has 2 aromatic carbocycles. The van der Waals surface area contributed by atoms with E-state index in [0.717, 1.165) is 5.69 Å². The van der Waals surface area contributed by atoms with Gasteiger partial charge >= 0.3 is 0 Å². The van der Waals surface area contributed by atoms with Gasteiger partial charge in [-0.3, -0.25) is 0 Å². The van der Waals surface area contributed by atoms with Crippen LogP contribution in [0.2, 0.25) is 0 Å². The van der Waals surface area contributed by atoms with Crippen LogP contribution >= 0.6 is 0 Å². The van der Waals surface area contributed by atoms with Crippen molar-refractivity contribution in [1.29, 1.82) is 0 Å². The molecular weight excluding hydrogens is 377 g/mol. The van der Waals surface area contributed by atoms with Crippen molar-refractivity contribution < 1.29 is 12.8 Å². The Bertz CT molecular complexity index is 1330. The predicted molar refractivity (Wildman–Crippen MR) is 105 cm³/mol. The van der Waals surface area contributed by atoms with Crippen LogP contribution in [0.15, 0.2) is 59.5 Å². The van der Waals surface area contributed by atoms with E-state index in [4.69, 9.17) is 4.98 Å². The summed E-state index contributed by atoms with van der Waals surface area (Å²) < 4.78 is 40.8. The largest absolute Gasteiger partial charge is 0.232 e. The molecule has 5 nitrogen and oxygen atoms in total. The third kappa shape index (κ3) is 2.46. The second-order valence-electron chi connectivity index (χ2n) is 6.87.